The van der Waals surface area contributed by atoms with Crippen molar-refractivity contribution in [2.45, 2.75) is 33.1 Å². The van der Waals surface area contributed by atoms with Gasteiger partial charge in [0.1, 0.15) is 11.4 Å². The number of hydrogen-bond donors (Lipinski definition) is 1. The summed E-state index contributed by atoms with van der Waals surface area (Å²) in [6.07, 6.45) is 1.88. The van der Waals surface area contributed by atoms with Gasteiger partial charge in [0, 0.05) is 11.8 Å². The number of aromatic nitrogens is 2. The maximum Gasteiger partial charge on any atom is 0.149 e. The summed E-state index contributed by atoms with van der Waals surface area (Å²) in [4.78, 5) is 0. The molecule has 1 aromatic heterocycles. The number of phenols is 1. The van der Waals surface area contributed by atoms with Crippen LogP contribution in [0.25, 0.3) is 16.8 Å². The van der Waals surface area contributed by atoms with Crippen LogP contribution in [-0.2, 0) is 5.41 Å². The fraction of sp³-hybridized carbons (Fsp3) is 0.250. The first kappa shape index (κ1) is 15.3. The van der Waals surface area contributed by atoms with Crippen LogP contribution in [0.3, 0.4) is 0 Å². The van der Waals surface area contributed by atoms with Crippen LogP contribution < -0.4 is 0 Å². The van der Waals surface area contributed by atoms with Crippen LogP contribution >= 0.6 is 0 Å². The molecule has 0 spiro atoms. The molecule has 0 fully saturated rings. The van der Waals surface area contributed by atoms with Crippen molar-refractivity contribution in [2.24, 2.45) is 0 Å². The molecule has 1 N–H and O–H groups in total. The second-order valence-corrected chi connectivity index (χ2v) is 6.91. The van der Waals surface area contributed by atoms with Gasteiger partial charge in [-0.05, 0) is 41.7 Å². The molecular weight excluding hydrogens is 284 g/mol. The van der Waals surface area contributed by atoms with E-state index in [4.69, 9.17) is 0 Å². The van der Waals surface area contributed by atoms with E-state index in [1.54, 1.807) is 4.68 Å². The van der Waals surface area contributed by atoms with Crippen LogP contribution in [0.15, 0.2) is 54.7 Å². The van der Waals surface area contributed by atoms with Crippen molar-refractivity contribution in [3.05, 3.63) is 66.0 Å². The third-order valence-electron chi connectivity index (χ3n) is 4.01. The van der Waals surface area contributed by atoms with E-state index in [1.165, 1.54) is 0 Å². The van der Waals surface area contributed by atoms with Crippen LogP contribution in [0.2, 0.25) is 0 Å². The molecule has 118 valence electrons. The summed E-state index contributed by atoms with van der Waals surface area (Å²) in [7, 11) is 0. The molecule has 3 aromatic rings. The number of aryl methyl sites for hydroxylation is 1. The van der Waals surface area contributed by atoms with E-state index in [0.717, 1.165) is 22.4 Å². The molecule has 0 radical (unpaired) electrons. The first-order valence-corrected chi connectivity index (χ1v) is 7.82. The van der Waals surface area contributed by atoms with Gasteiger partial charge in [-0.15, -0.1) is 0 Å². The highest BCUT2D eigenvalue weighted by atomic mass is 16.3. The van der Waals surface area contributed by atoms with E-state index in [1.807, 2.05) is 55.6 Å². The quantitative estimate of drug-likeness (QED) is 0.735. The van der Waals surface area contributed by atoms with Crippen LogP contribution in [0, 0.1) is 6.92 Å². The summed E-state index contributed by atoms with van der Waals surface area (Å²) in [6, 6.07) is 16.0. The number of phenolic OH excluding ortho intramolecular Hbond substituents is 1. The van der Waals surface area contributed by atoms with E-state index in [9.17, 15) is 5.11 Å². The van der Waals surface area contributed by atoms with Gasteiger partial charge < -0.3 is 5.11 Å². The van der Waals surface area contributed by atoms with E-state index >= 15 is 0 Å². The van der Waals surface area contributed by atoms with Gasteiger partial charge in [0.05, 0.1) is 5.69 Å². The minimum atomic E-state index is -0.0197. The van der Waals surface area contributed by atoms with Gasteiger partial charge in [-0.3, -0.25) is 0 Å². The standard InChI is InChI=1S/C20H22N2O/c1-14-10-11-22(21-14)18-13-16(20(2,3)4)12-17(19(18)23)15-8-6-5-7-9-15/h5-13,23H,1-4H3. The Morgan fingerprint density at radius 3 is 2.26 bits per heavy atom. The zero-order chi connectivity index (χ0) is 16.6. The lowest BCUT2D eigenvalue weighted by Gasteiger charge is -2.22. The minimum absolute atomic E-state index is 0.0197. The number of benzene rings is 2. The Morgan fingerprint density at radius 1 is 1.00 bits per heavy atom. The molecule has 3 heteroatoms. The molecule has 3 nitrogen and oxygen atoms in total. The Labute approximate surface area is 137 Å². The normalized spacial score (nSPS) is 11.7. The highest BCUT2D eigenvalue weighted by Gasteiger charge is 2.20. The van der Waals surface area contributed by atoms with Crippen LogP contribution in [0.5, 0.6) is 5.75 Å². The summed E-state index contributed by atoms with van der Waals surface area (Å²) < 4.78 is 1.74. The van der Waals surface area contributed by atoms with E-state index in [0.29, 0.717) is 5.69 Å². The van der Waals surface area contributed by atoms with Crippen LogP contribution in [0.4, 0.5) is 0 Å². The lowest BCUT2D eigenvalue weighted by Crippen LogP contribution is -2.12. The van der Waals surface area contributed by atoms with Crippen LogP contribution in [-0.4, -0.2) is 14.9 Å². The van der Waals surface area contributed by atoms with Crippen molar-refractivity contribution in [2.75, 3.05) is 0 Å². The summed E-state index contributed by atoms with van der Waals surface area (Å²) in [5, 5.41) is 15.3. The van der Waals surface area contributed by atoms with Crippen molar-refractivity contribution in [3.8, 4) is 22.6 Å². The van der Waals surface area contributed by atoms with Gasteiger partial charge in [0.2, 0.25) is 0 Å². The average Bonchev–Trinajstić information content (AvgIpc) is 2.93. The SMILES string of the molecule is Cc1ccn(-c2cc(C(C)(C)C)cc(-c3ccccc3)c2O)n1. The largest absolute Gasteiger partial charge is 0.505 e. The smallest absolute Gasteiger partial charge is 0.149 e. The molecule has 0 saturated carbocycles. The molecule has 1 heterocycles. The van der Waals surface area contributed by atoms with Gasteiger partial charge in [-0.1, -0.05) is 51.1 Å². The molecule has 0 unspecified atom stereocenters. The lowest BCUT2D eigenvalue weighted by atomic mass is 9.84. The van der Waals surface area contributed by atoms with Crippen molar-refractivity contribution in [3.63, 3.8) is 0 Å². The zero-order valence-corrected chi connectivity index (χ0v) is 14.0. The maximum absolute atomic E-state index is 10.8. The molecule has 0 atom stereocenters. The number of hydrogen-bond acceptors (Lipinski definition) is 2. The first-order chi connectivity index (χ1) is 10.9. The Balaban J connectivity index is 2.28. The zero-order valence-electron chi connectivity index (χ0n) is 14.0. The highest BCUT2D eigenvalue weighted by Crippen LogP contribution is 2.38. The van der Waals surface area contributed by atoms with Crippen molar-refractivity contribution in [1.82, 2.24) is 9.78 Å². The van der Waals surface area contributed by atoms with Crippen molar-refractivity contribution >= 4 is 0 Å². The monoisotopic (exact) mass is 306 g/mol. The average molecular weight is 306 g/mol. The molecular formula is C20H22N2O. The van der Waals surface area contributed by atoms with Crippen LogP contribution in [0.1, 0.15) is 32.0 Å². The fourth-order valence-electron chi connectivity index (χ4n) is 2.61. The lowest BCUT2D eigenvalue weighted by molar-refractivity contribution is 0.471. The molecule has 0 saturated heterocycles. The van der Waals surface area contributed by atoms with E-state index in [-0.39, 0.29) is 11.2 Å². The van der Waals surface area contributed by atoms with E-state index < -0.39 is 0 Å². The molecule has 2 aromatic carbocycles. The highest BCUT2D eigenvalue weighted by molar-refractivity contribution is 5.76. The van der Waals surface area contributed by atoms with Crippen molar-refractivity contribution in [1.29, 1.82) is 0 Å². The third-order valence-corrected chi connectivity index (χ3v) is 4.01. The Morgan fingerprint density at radius 2 is 1.70 bits per heavy atom. The van der Waals surface area contributed by atoms with Gasteiger partial charge in [-0.25, -0.2) is 4.68 Å². The van der Waals surface area contributed by atoms with Crippen molar-refractivity contribution < 1.29 is 5.11 Å². The summed E-state index contributed by atoms with van der Waals surface area (Å²) >= 11 is 0. The fourth-order valence-corrected chi connectivity index (χ4v) is 2.61. The summed E-state index contributed by atoms with van der Waals surface area (Å²) in [5.41, 5.74) is 4.62. The Bertz CT molecular complexity index is 827. The maximum atomic E-state index is 10.8. The number of nitrogens with zero attached hydrogens (tertiary/aromatic N) is 2. The molecule has 3 rings (SSSR count). The topological polar surface area (TPSA) is 38.0 Å². The molecule has 0 aliphatic heterocycles. The molecule has 23 heavy (non-hydrogen) atoms. The minimum Gasteiger partial charge on any atom is -0.505 e. The molecule has 0 bridgehead atoms. The number of aromatic hydroxyl groups is 1. The van der Waals surface area contributed by atoms with Gasteiger partial charge in [-0.2, -0.15) is 5.10 Å². The molecule has 0 aliphatic carbocycles. The predicted octanol–water partition coefficient (Wildman–Crippen LogP) is 4.85. The number of rotatable bonds is 2. The first-order valence-electron chi connectivity index (χ1n) is 7.82. The van der Waals surface area contributed by atoms with Gasteiger partial charge >= 0.3 is 0 Å². The third kappa shape index (κ3) is 3.00. The summed E-state index contributed by atoms with van der Waals surface area (Å²) in [5.74, 6) is 0.257. The second-order valence-electron chi connectivity index (χ2n) is 6.91. The second kappa shape index (κ2) is 5.58. The summed E-state index contributed by atoms with van der Waals surface area (Å²) in [6.45, 7) is 8.46. The van der Waals surface area contributed by atoms with Gasteiger partial charge in [0.25, 0.3) is 0 Å². The predicted molar refractivity (Wildman–Crippen MR) is 94.1 cm³/mol. The Kier molecular flexibility index (Phi) is 3.72. The molecule has 0 amide bonds. The molecule has 0 aliphatic rings. The van der Waals surface area contributed by atoms with Gasteiger partial charge in [0.15, 0.2) is 0 Å². The van der Waals surface area contributed by atoms with E-state index in [2.05, 4.69) is 31.9 Å². The Hall–Kier alpha value is -2.55.